The molecule has 1 aliphatic heterocycles. The Hall–Kier alpha value is -3.02. The van der Waals surface area contributed by atoms with Crippen molar-refractivity contribution in [3.63, 3.8) is 0 Å². The van der Waals surface area contributed by atoms with Crippen LogP contribution < -0.4 is 16.4 Å². The third-order valence-corrected chi connectivity index (χ3v) is 7.90. The first-order chi connectivity index (χ1) is 24.5. The predicted octanol–water partition coefficient (Wildman–Crippen LogP) is 0.507. The van der Waals surface area contributed by atoms with Crippen molar-refractivity contribution >= 4 is 35.8 Å². The van der Waals surface area contributed by atoms with Gasteiger partial charge in [-0.15, -0.1) is 0 Å². The van der Waals surface area contributed by atoms with E-state index in [-0.39, 0.29) is 49.8 Å². The van der Waals surface area contributed by atoms with Gasteiger partial charge < -0.3 is 41.3 Å². The van der Waals surface area contributed by atoms with E-state index in [4.69, 9.17) is 5.11 Å². The summed E-state index contributed by atoms with van der Waals surface area (Å²) in [4.78, 5) is 74.9. The molecule has 1 aliphatic carbocycles. The molecule has 2 fully saturated rings. The smallest absolute Gasteiger partial charge is 0.317 e. The van der Waals surface area contributed by atoms with Crippen LogP contribution in [0, 0.1) is 0 Å². The highest BCUT2D eigenvalue weighted by molar-refractivity contribution is 5.78. The number of amides is 2. The second-order valence-electron chi connectivity index (χ2n) is 12.0. The first kappa shape index (κ1) is 52.3. The first-order valence-corrected chi connectivity index (χ1v) is 18.3. The number of aliphatic hydroxyl groups is 1. The molecular weight excluding hydrogens is 662 g/mol. The largest absolute Gasteiger partial charge is 0.480 e. The number of hydrogen-bond acceptors (Lipinski definition) is 12. The van der Waals surface area contributed by atoms with Crippen LogP contribution in [0.1, 0.15) is 85.5 Å². The molecule has 1 heterocycles. The molecule has 2 rings (SSSR count). The van der Waals surface area contributed by atoms with Gasteiger partial charge in [0.2, 0.25) is 11.8 Å². The second kappa shape index (κ2) is 36.8. The summed E-state index contributed by atoms with van der Waals surface area (Å²) >= 11 is 0. The van der Waals surface area contributed by atoms with Gasteiger partial charge in [-0.05, 0) is 39.7 Å². The molecular formula is C35H71N7O9. The van der Waals surface area contributed by atoms with Gasteiger partial charge in [-0.1, -0.05) is 39.5 Å². The fraction of sp³-hybridized carbons (Fsp3) is 0.829. The van der Waals surface area contributed by atoms with E-state index in [2.05, 4.69) is 16.4 Å². The SMILES string of the molecule is CC.CC(=O)CCCCCNC(C)=O.CN.CO.O=CCN1CCN(CC(=O)O)CCN(CC(=O)NC2CCCCC2)CCN(CC(=O)O)CC1. The van der Waals surface area contributed by atoms with E-state index in [0.717, 1.165) is 64.9 Å². The Balaban J connectivity index is -0.00000107. The number of nitrogens with one attached hydrogen (secondary N) is 2. The van der Waals surface area contributed by atoms with Gasteiger partial charge in [0, 0.05) is 85.4 Å². The van der Waals surface area contributed by atoms with Crippen LogP contribution in [-0.2, 0) is 28.8 Å². The van der Waals surface area contributed by atoms with Gasteiger partial charge in [0.05, 0.1) is 26.2 Å². The Morgan fingerprint density at radius 1 is 0.686 bits per heavy atom. The molecule has 0 atom stereocenters. The molecule has 16 nitrogen and oxygen atoms in total. The van der Waals surface area contributed by atoms with Crippen LogP contribution in [0.4, 0.5) is 0 Å². The van der Waals surface area contributed by atoms with Gasteiger partial charge in [0.1, 0.15) is 12.1 Å². The Bertz CT molecular complexity index is 872. The average Bonchev–Trinajstić information content (AvgIpc) is 3.10. The van der Waals surface area contributed by atoms with Crippen molar-refractivity contribution in [2.75, 3.05) is 99.2 Å². The van der Waals surface area contributed by atoms with E-state index < -0.39 is 11.9 Å². The topological polar surface area (TPSA) is 226 Å². The number of rotatable bonds is 15. The highest BCUT2D eigenvalue weighted by Crippen LogP contribution is 2.17. The zero-order valence-corrected chi connectivity index (χ0v) is 32.4. The van der Waals surface area contributed by atoms with E-state index in [9.17, 15) is 39.0 Å². The summed E-state index contributed by atoms with van der Waals surface area (Å²) in [5.41, 5.74) is 4.50. The van der Waals surface area contributed by atoms with Gasteiger partial charge in [-0.25, -0.2) is 0 Å². The van der Waals surface area contributed by atoms with Gasteiger partial charge in [-0.3, -0.25) is 38.8 Å². The number of unbranched alkanes of at least 4 members (excludes halogenated alkanes) is 2. The summed E-state index contributed by atoms with van der Waals surface area (Å²) in [7, 11) is 2.50. The predicted molar refractivity (Wildman–Crippen MR) is 200 cm³/mol. The molecule has 0 bridgehead atoms. The average molecular weight is 734 g/mol. The molecule has 1 saturated heterocycles. The lowest BCUT2D eigenvalue weighted by Gasteiger charge is -2.33. The van der Waals surface area contributed by atoms with Crippen LogP contribution >= 0.6 is 0 Å². The van der Waals surface area contributed by atoms with Crippen LogP contribution in [0.5, 0.6) is 0 Å². The lowest BCUT2D eigenvalue weighted by atomic mass is 9.95. The fourth-order valence-electron chi connectivity index (χ4n) is 5.39. The highest BCUT2D eigenvalue weighted by atomic mass is 16.4. The molecule has 0 aromatic carbocycles. The van der Waals surface area contributed by atoms with E-state index in [1.165, 1.54) is 20.4 Å². The summed E-state index contributed by atoms with van der Waals surface area (Å²) in [6, 6.07) is 0.217. The molecule has 0 spiro atoms. The molecule has 7 N–H and O–H groups in total. The maximum absolute atomic E-state index is 12.7. The molecule has 0 aromatic rings. The Morgan fingerprint density at radius 2 is 1.12 bits per heavy atom. The van der Waals surface area contributed by atoms with Crippen LogP contribution in [0.15, 0.2) is 0 Å². The van der Waals surface area contributed by atoms with Gasteiger partial charge >= 0.3 is 11.9 Å². The monoisotopic (exact) mass is 734 g/mol. The molecule has 2 aliphatic rings. The van der Waals surface area contributed by atoms with Crippen molar-refractivity contribution in [2.24, 2.45) is 5.73 Å². The zero-order valence-electron chi connectivity index (χ0n) is 32.4. The van der Waals surface area contributed by atoms with E-state index >= 15 is 0 Å². The van der Waals surface area contributed by atoms with Crippen molar-refractivity contribution in [1.29, 1.82) is 0 Å². The quantitative estimate of drug-likeness (QED) is 0.0997. The fourth-order valence-corrected chi connectivity index (χ4v) is 5.39. The van der Waals surface area contributed by atoms with Crippen LogP contribution in [-0.4, -0.2) is 176 Å². The number of aldehydes is 1. The third kappa shape index (κ3) is 33.9. The van der Waals surface area contributed by atoms with E-state index in [1.54, 1.807) is 6.92 Å². The number of nitrogens with zero attached hydrogens (tertiary/aromatic N) is 4. The minimum Gasteiger partial charge on any atom is -0.480 e. The zero-order chi connectivity index (χ0) is 39.5. The Morgan fingerprint density at radius 3 is 1.51 bits per heavy atom. The van der Waals surface area contributed by atoms with E-state index in [0.29, 0.717) is 58.8 Å². The number of ketones is 1. The first-order valence-electron chi connectivity index (χ1n) is 18.3. The summed E-state index contributed by atoms with van der Waals surface area (Å²) in [6.45, 7) is 12.0. The van der Waals surface area contributed by atoms with Gasteiger partial charge in [-0.2, -0.15) is 0 Å². The number of carbonyl (C=O) groups excluding carboxylic acids is 4. The summed E-state index contributed by atoms with van der Waals surface area (Å²) in [5.74, 6) is -1.62. The highest BCUT2D eigenvalue weighted by Gasteiger charge is 2.21. The minimum absolute atomic E-state index is 0.0153. The van der Waals surface area contributed by atoms with Crippen molar-refractivity contribution in [1.82, 2.24) is 30.2 Å². The molecule has 0 unspecified atom stereocenters. The Kier molecular flexibility index (Phi) is 37.7. The standard InChI is InChI=1S/C22H39N5O6.C9H17NO2.C2H6.CH5N.CH4O/c28-15-14-24-6-8-26(17-21(30)31)12-10-25(11-13-27(9-7-24)18-22(32)33)16-20(29)23-19-4-2-1-3-5-19;1-8(11)6-4-3-5-7-10-9(2)12;3*1-2/h15,19H,1-14,16-18H2,(H,23,29)(H,30,31)(H,32,33);3-7H2,1-2H3,(H,10,12);1-2H3;2H2,1H3;2H,1H3. The van der Waals surface area contributed by atoms with Gasteiger partial charge in [0.25, 0.3) is 0 Å². The summed E-state index contributed by atoms with van der Waals surface area (Å²) in [6.07, 6.45) is 9.86. The van der Waals surface area contributed by atoms with Crippen LogP contribution in [0.2, 0.25) is 0 Å². The Labute approximate surface area is 306 Å². The number of carbonyl (C=O) groups is 6. The van der Waals surface area contributed by atoms with Crippen LogP contribution in [0.3, 0.4) is 0 Å². The molecule has 1 saturated carbocycles. The number of aliphatic carboxylic acids is 2. The molecule has 0 aromatic heterocycles. The molecule has 0 radical (unpaired) electrons. The number of hydrogen-bond donors (Lipinski definition) is 6. The normalized spacial score (nSPS) is 16.5. The van der Waals surface area contributed by atoms with Crippen molar-refractivity contribution < 1.29 is 44.1 Å². The number of nitrogens with two attached hydrogens (primary N) is 1. The van der Waals surface area contributed by atoms with Gasteiger partial charge in [0.15, 0.2) is 0 Å². The molecule has 300 valence electrons. The lowest BCUT2D eigenvalue weighted by molar-refractivity contribution is -0.139. The van der Waals surface area contributed by atoms with Crippen molar-refractivity contribution in [2.45, 2.75) is 91.5 Å². The molecule has 16 heteroatoms. The second-order valence-corrected chi connectivity index (χ2v) is 12.0. The number of carboxylic acids is 2. The van der Waals surface area contributed by atoms with E-state index in [1.807, 2.05) is 33.4 Å². The number of aliphatic hydroxyl groups excluding tert-OH is 1. The lowest BCUT2D eigenvalue weighted by Crippen LogP contribution is -2.50. The minimum atomic E-state index is -0.918. The number of Topliss-reactive ketones (excluding diaryl/α,β-unsaturated/α-hetero) is 1. The summed E-state index contributed by atoms with van der Waals surface area (Å²) < 4.78 is 0. The third-order valence-electron chi connectivity index (χ3n) is 7.90. The van der Waals surface area contributed by atoms with Crippen molar-refractivity contribution in [3.05, 3.63) is 0 Å². The molecule has 2 amide bonds. The summed E-state index contributed by atoms with van der Waals surface area (Å²) in [5, 5.41) is 31.4. The maximum atomic E-state index is 12.7. The maximum Gasteiger partial charge on any atom is 0.317 e. The number of carboxylic acid groups (broad SMARTS) is 2. The van der Waals surface area contributed by atoms with Crippen molar-refractivity contribution in [3.8, 4) is 0 Å². The molecule has 51 heavy (non-hydrogen) atoms. The van der Waals surface area contributed by atoms with Crippen LogP contribution in [0.25, 0.3) is 0 Å².